The molecule has 4 rings (SSSR count). The summed E-state index contributed by atoms with van der Waals surface area (Å²) in [7, 11) is 4.75. The molecule has 6 nitrogen and oxygen atoms in total. The number of hydrogen-bond donors (Lipinski definition) is 1. The van der Waals surface area contributed by atoms with Crippen LogP contribution in [0.3, 0.4) is 0 Å². The van der Waals surface area contributed by atoms with Crippen molar-refractivity contribution in [1.29, 1.82) is 0 Å². The number of nitrogens with one attached hydrogen (secondary N) is 1. The Bertz CT molecular complexity index is 1040. The Morgan fingerprint density at radius 2 is 1.97 bits per heavy atom. The minimum Gasteiger partial charge on any atom is -0.496 e. The number of carbonyl (C=O) groups is 1. The summed E-state index contributed by atoms with van der Waals surface area (Å²) in [5.41, 5.74) is 6.07. The molecular formula is C24H28N2O4. The Kier molecular flexibility index (Phi) is 4.98. The SMILES string of the molecule is COc1cccc2c1-c1ccc3c(c1C(CC(=O)N(C)OC)O2)C(C)=CC(C)(C)N3. The van der Waals surface area contributed by atoms with Crippen LogP contribution >= 0.6 is 0 Å². The van der Waals surface area contributed by atoms with Gasteiger partial charge in [0.25, 0.3) is 0 Å². The van der Waals surface area contributed by atoms with Gasteiger partial charge in [0.1, 0.15) is 17.6 Å². The van der Waals surface area contributed by atoms with Crippen LogP contribution in [0.5, 0.6) is 11.5 Å². The van der Waals surface area contributed by atoms with Crippen molar-refractivity contribution in [3.63, 3.8) is 0 Å². The normalized spacial score (nSPS) is 18.1. The second-order valence-electron chi connectivity index (χ2n) is 8.34. The summed E-state index contributed by atoms with van der Waals surface area (Å²) in [6.07, 6.45) is 1.94. The van der Waals surface area contributed by atoms with Crippen LogP contribution in [0, 0.1) is 0 Å². The van der Waals surface area contributed by atoms with Gasteiger partial charge in [0, 0.05) is 23.9 Å². The van der Waals surface area contributed by atoms with E-state index in [9.17, 15) is 4.79 Å². The van der Waals surface area contributed by atoms with E-state index >= 15 is 0 Å². The summed E-state index contributed by atoms with van der Waals surface area (Å²) < 4.78 is 12.0. The van der Waals surface area contributed by atoms with E-state index in [1.165, 1.54) is 12.2 Å². The van der Waals surface area contributed by atoms with E-state index in [-0.39, 0.29) is 17.9 Å². The van der Waals surface area contributed by atoms with Crippen LogP contribution in [-0.2, 0) is 9.63 Å². The largest absolute Gasteiger partial charge is 0.496 e. The minimum atomic E-state index is -0.439. The fraction of sp³-hybridized carbons (Fsp3) is 0.375. The summed E-state index contributed by atoms with van der Waals surface area (Å²) in [4.78, 5) is 17.8. The van der Waals surface area contributed by atoms with Gasteiger partial charge in [0.2, 0.25) is 5.91 Å². The Hall–Kier alpha value is -2.99. The van der Waals surface area contributed by atoms with Gasteiger partial charge < -0.3 is 14.8 Å². The van der Waals surface area contributed by atoms with Crippen molar-refractivity contribution in [3.8, 4) is 22.6 Å². The van der Waals surface area contributed by atoms with Crippen molar-refractivity contribution >= 4 is 17.2 Å². The van der Waals surface area contributed by atoms with Gasteiger partial charge in [-0.2, -0.15) is 0 Å². The highest BCUT2D eigenvalue weighted by molar-refractivity contribution is 5.92. The smallest absolute Gasteiger partial charge is 0.249 e. The lowest BCUT2D eigenvalue weighted by Gasteiger charge is -2.37. The summed E-state index contributed by atoms with van der Waals surface area (Å²) >= 11 is 0. The molecule has 1 atom stereocenters. The molecule has 0 radical (unpaired) electrons. The molecule has 0 saturated carbocycles. The molecule has 6 heteroatoms. The maximum absolute atomic E-state index is 12.7. The number of fused-ring (bicyclic) bond motifs is 5. The molecule has 1 unspecified atom stereocenters. The lowest BCUT2D eigenvalue weighted by Crippen LogP contribution is -2.33. The van der Waals surface area contributed by atoms with E-state index in [0.29, 0.717) is 5.75 Å². The number of nitrogens with zero attached hydrogens (tertiary/aromatic N) is 1. The first-order valence-corrected chi connectivity index (χ1v) is 10.1. The molecule has 0 spiro atoms. The number of hydroxylamine groups is 2. The van der Waals surface area contributed by atoms with Crippen LogP contribution in [0.25, 0.3) is 16.7 Å². The highest BCUT2D eigenvalue weighted by Crippen LogP contribution is 2.52. The van der Waals surface area contributed by atoms with Crippen molar-refractivity contribution < 1.29 is 19.1 Å². The summed E-state index contributed by atoms with van der Waals surface area (Å²) in [5.74, 6) is 1.31. The maximum Gasteiger partial charge on any atom is 0.249 e. The van der Waals surface area contributed by atoms with E-state index < -0.39 is 6.10 Å². The number of rotatable bonds is 4. The number of carbonyl (C=O) groups excluding carboxylic acids is 1. The molecule has 0 saturated heterocycles. The molecular weight excluding hydrogens is 380 g/mol. The van der Waals surface area contributed by atoms with Gasteiger partial charge in [-0.3, -0.25) is 9.63 Å². The minimum absolute atomic E-state index is 0.150. The fourth-order valence-corrected chi connectivity index (χ4v) is 4.49. The van der Waals surface area contributed by atoms with Gasteiger partial charge in [-0.05, 0) is 50.1 Å². The third-order valence-electron chi connectivity index (χ3n) is 5.73. The van der Waals surface area contributed by atoms with Crippen LogP contribution < -0.4 is 14.8 Å². The van der Waals surface area contributed by atoms with Crippen molar-refractivity contribution in [2.45, 2.75) is 38.8 Å². The molecule has 2 aromatic carbocycles. The van der Waals surface area contributed by atoms with E-state index in [1.54, 1.807) is 14.2 Å². The molecule has 0 bridgehead atoms. The molecule has 1 N–H and O–H groups in total. The van der Waals surface area contributed by atoms with Crippen LogP contribution in [0.15, 0.2) is 36.4 Å². The maximum atomic E-state index is 12.7. The number of hydrogen-bond acceptors (Lipinski definition) is 5. The Morgan fingerprint density at radius 3 is 2.67 bits per heavy atom. The quantitative estimate of drug-likeness (QED) is 0.736. The van der Waals surface area contributed by atoms with Crippen molar-refractivity contribution in [1.82, 2.24) is 5.06 Å². The van der Waals surface area contributed by atoms with Gasteiger partial charge in [-0.1, -0.05) is 18.2 Å². The van der Waals surface area contributed by atoms with Gasteiger partial charge in [-0.25, -0.2) is 5.06 Å². The van der Waals surface area contributed by atoms with Crippen molar-refractivity contribution in [2.24, 2.45) is 0 Å². The second-order valence-corrected chi connectivity index (χ2v) is 8.34. The lowest BCUT2D eigenvalue weighted by atomic mass is 9.81. The Balaban J connectivity index is 1.94. The van der Waals surface area contributed by atoms with Crippen LogP contribution in [-0.4, -0.2) is 37.8 Å². The Labute approximate surface area is 177 Å². The first-order valence-electron chi connectivity index (χ1n) is 10.1. The van der Waals surface area contributed by atoms with E-state index in [1.807, 2.05) is 18.2 Å². The van der Waals surface area contributed by atoms with Crippen LogP contribution in [0.4, 0.5) is 5.69 Å². The lowest BCUT2D eigenvalue weighted by molar-refractivity contribution is -0.170. The summed E-state index contributed by atoms with van der Waals surface area (Å²) in [6.45, 7) is 6.39. The Morgan fingerprint density at radius 1 is 1.20 bits per heavy atom. The number of amides is 1. The zero-order valence-electron chi connectivity index (χ0n) is 18.3. The number of methoxy groups -OCH3 is 1. The molecule has 158 valence electrons. The molecule has 2 heterocycles. The number of ether oxygens (including phenoxy) is 2. The summed E-state index contributed by atoms with van der Waals surface area (Å²) in [6, 6.07) is 9.95. The van der Waals surface area contributed by atoms with Crippen molar-refractivity contribution in [2.75, 3.05) is 26.6 Å². The molecule has 30 heavy (non-hydrogen) atoms. The molecule has 2 aliphatic rings. The predicted molar refractivity (Wildman–Crippen MR) is 118 cm³/mol. The molecule has 2 aliphatic heterocycles. The zero-order chi connectivity index (χ0) is 21.6. The zero-order valence-corrected chi connectivity index (χ0v) is 18.3. The first kappa shape index (κ1) is 20.3. The number of anilines is 1. The molecule has 1 amide bonds. The monoisotopic (exact) mass is 408 g/mol. The average molecular weight is 408 g/mol. The number of benzene rings is 2. The molecule has 0 aromatic heterocycles. The van der Waals surface area contributed by atoms with Gasteiger partial charge in [0.15, 0.2) is 0 Å². The number of allylic oxidation sites excluding steroid dienone is 1. The van der Waals surface area contributed by atoms with Crippen LogP contribution in [0.2, 0.25) is 0 Å². The second kappa shape index (κ2) is 7.36. The topological polar surface area (TPSA) is 60.0 Å². The molecule has 0 fully saturated rings. The first-order chi connectivity index (χ1) is 14.3. The standard InChI is InChI=1S/C24H28N2O4/c1-14-13-24(2,3)25-16-11-10-15-22-17(28-5)8-7-9-18(22)30-19(23(15)21(14)16)12-20(27)26(4)29-6/h7-11,13,19,25H,12H2,1-6H3. The van der Waals surface area contributed by atoms with Crippen molar-refractivity contribution in [3.05, 3.63) is 47.5 Å². The van der Waals surface area contributed by atoms with E-state index in [4.69, 9.17) is 14.3 Å². The molecule has 2 aromatic rings. The van der Waals surface area contributed by atoms with Crippen LogP contribution in [0.1, 0.15) is 44.4 Å². The van der Waals surface area contributed by atoms with E-state index in [2.05, 4.69) is 44.3 Å². The predicted octanol–water partition coefficient (Wildman–Crippen LogP) is 4.81. The van der Waals surface area contributed by atoms with E-state index in [0.717, 1.165) is 39.3 Å². The third kappa shape index (κ3) is 3.31. The highest BCUT2D eigenvalue weighted by atomic mass is 16.7. The summed E-state index contributed by atoms with van der Waals surface area (Å²) in [5, 5.41) is 4.83. The average Bonchev–Trinajstić information content (AvgIpc) is 2.71. The van der Waals surface area contributed by atoms with Gasteiger partial charge in [0.05, 0.1) is 31.7 Å². The van der Waals surface area contributed by atoms with Gasteiger partial charge in [-0.15, -0.1) is 0 Å². The third-order valence-corrected chi connectivity index (χ3v) is 5.73. The highest BCUT2D eigenvalue weighted by Gasteiger charge is 2.36. The fourth-order valence-electron chi connectivity index (χ4n) is 4.49. The molecule has 0 aliphatic carbocycles. The van der Waals surface area contributed by atoms with Gasteiger partial charge >= 0.3 is 0 Å².